The Kier molecular flexibility index (Phi) is 3.73. The van der Waals surface area contributed by atoms with E-state index in [0.29, 0.717) is 0 Å². The van der Waals surface area contributed by atoms with E-state index in [1.165, 1.54) is 19.8 Å². The Morgan fingerprint density at radius 3 is 2.23 bits per heavy atom. The van der Waals surface area contributed by atoms with Crippen LogP contribution in [0.25, 0.3) is 0 Å². The molecule has 13 heavy (non-hydrogen) atoms. The zero-order chi connectivity index (χ0) is 9.68. The number of hydrogen-bond acceptors (Lipinski definition) is 3. The van der Waals surface area contributed by atoms with E-state index < -0.39 is 5.97 Å². The molecule has 74 valence electrons. The molecule has 0 bridgehead atoms. The summed E-state index contributed by atoms with van der Waals surface area (Å²) in [5, 5.41) is 14.5. The molecule has 0 aromatic rings. The Balaban J connectivity index is 2.50. The van der Waals surface area contributed by atoms with Crippen molar-refractivity contribution >= 4 is 11.7 Å². The van der Waals surface area contributed by atoms with Gasteiger partial charge >= 0.3 is 5.97 Å². The Morgan fingerprint density at radius 2 is 1.77 bits per heavy atom. The van der Waals surface area contributed by atoms with Crippen LogP contribution >= 0.6 is 0 Å². The molecule has 1 heterocycles. The van der Waals surface area contributed by atoms with Gasteiger partial charge in [0.25, 0.3) is 0 Å². The number of carboxylic acid groups (broad SMARTS) is 1. The molecule has 1 rings (SSSR count). The summed E-state index contributed by atoms with van der Waals surface area (Å²) in [5.74, 6) is -0.927. The fourth-order valence-electron chi connectivity index (χ4n) is 1.41. The normalized spacial score (nSPS) is 19.8. The van der Waals surface area contributed by atoms with Gasteiger partial charge in [-0.05, 0) is 19.8 Å². The van der Waals surface area contributed by atoms with Gasteiger partial charge in [-0.2, -0.15) is 5.10 Å². The highest BCUT2D eigenvalue weighted by molar-refractivity contribution is 6.34. The Hall–Kier alpha value is -1.06. The minimum Gasteiger partial charge on any atom is -0.477 e. The third-order valence-corrected chi connectivity index (χ3v) is 2.18. The van der Waals surface area contributed by atoms with Gasteiger partial charge in [0.2, 0.25) is 0 Å². The summed E-state index contributed by atoms with van der Waals surface area (Å²) >= 11 is 0. The SMILES string of the molecule is C/C(=N/N1CCCCCC1)C(=O)O. The van der Waals surface area contributed by atoms with Crippen molar-refractivity contribution in [1.29, 1.82) is 0 Å². The van der Waals surface area contributed by atoms with Crippen LogP contribution < -0.4 is 0 Å². The highest BCUT2D eigenvalue weighted by Gasteiger charge is 2.08. The van der Waals surface area contributed by atoms with Crippen LogP contribution in [0.15, 0.2) is 5.10 Å². The van der Waals surface area contributed by atoms with Gasteiger partial charge in [0.15, 0.2) is 0 Å². The number of rotatable bonds is 2. The lowest BCUT2D eigenvalue weighted by Crippen LogP contribution is -2.22. The number of aliphatic carboxylic acids is 1. The average Bonchev–Trinajstić information content (AvgIpc) is 2.32. The number of hydrazone groups is 1. The standard InChI is InChI=1S/C9H16N2O2/c1-8(9(12)13)10-11-6-4-2-3-5-7-11/h2-7H2,1H3,(H,12,13)/b10-8-. The molecule has 1 saturated heterocycles. The number of carboxylic acids is 1. The van der Waals surface area contributed by atoms with E-state index >= 15 is 0 Å². The van der Waals surface area contributed by atoms with Crippen molar-refractivity contribution < 1.29 is 9.90 Å². The van der Waals surface area contributed by atoms with Gasteiger partial charge in [-0.3, -0.25) is 5.01 Å². The molecule has 0 aromatic carbocycles. The van der Waals surface area contributed by atoms with Crippen LogP contribution in [0.4, 0.5) is 0 Å². The first kappa shape index (κ1) is 10.0. The van der Waals surface area contributed by atoms with E-state index in [1.54, 1.807) is 0 Å². The highest BCUT2D eigenvalue weighted by Crippen LogP contribution is 2.09. The largest absolute Gasteiger partial charge is 0.477 e. The minimum absolute atomic E-state index is 0.182. The lowest BCUT2D eigenvalue weighted by atomic mass is 10.2. The van der Waals surface area contributed by atoms with Crippen molar-refractivity contribution in [3.8, 4) is 0 Å². The minimum atomic E-state index is -0.927. The third-order valence-electron chi connectivity index (χ3n) is 2.18. The molecule has 0 atom stereocenters. The fourth-order valence-corrected chi connectivity index (χ4v) is 1.41. The second kappa shape index (κ2) is 4.84. The molecule has 4 nitrogen and oxygen atoms in total. The molecule has 1 fully saturated rings. The van der Waals surface area contributed by atoms with Crippen molar-refractivity contribution in [3.05, 3.63) is 0 Å². The quantitative estimate of drug-likeness (QED) is 0.658. The van der Waals surface area contributed by atoms with Gasteiger partial charge in [0.05, 0.1) is 0 Å². The topological polar surface area (TPSA) is 52.9 Å². The summed E-state index contributed by atoms with van der Waals surface area (Å²) < 4.78 is 0. The van der Waals surface area contributed by atoms with Crippen LogP contribution in [-0.2, 0) is 4.79 Å². The van der Waals surface area contributed by atoms with Crippen molar-refractivity contribution in [3.63, 3.8) is 0 Å². The zero-order valence-electron chi connectivity index (χ0n) is 7.99. The highest BCUT2D eigenvalue weighted by atomic mass is 16.4. The van der Waals surface area contributed by atoms with Gasteiger partial charge in [-0.25, -0.2) is 4.79 Å². The molecule has 0 amide bonds. The lowest BCUT2D eigenvalue weighted by molar-refractivity contribution is -0.129. The van der Waals surface area contributed by atoms with Gasteiger partial charge in [-0.15, -0.1) is 0 Å². The van der Waals surface area contributed by atoms with E-state index in [4.69, 9.17) is 5.11 Å². The number of nitrogens with zero attached hydrogens (tertiary/aromatic N) is 2. The molecule has 0 saturated carbocycles. The van der Waals surface area contributed by atoms with Crippen LogP contribution in [0.5, 0.6) is 0 Å². The predicted octanol–water partition coefficient (Wildman–Crippen LogP) is 1.32. The van der Waals surface area contributed by atoms with Crippen LogP contribution in [0.2, 0.25) is 0 Å². The molecule has 0 aliphatic carbocycles. The molecule has 0 unspecified atom stereocenters. The smallest absolute Gasteiger partial charge is 0.351 e. The van der Waals surface area contributed by atoms with Crippen LogP contribution in [0.3, 0.4) is 0 Å². The third kappa shape index (κ3) is 3.44. The lowest BCUT2D eigenvalue weighted by Gasteiger charge is -2.15. The van der Waals surface area contributed by atoms with E-state index in [-0.39, 0.29) is 5.71 Å². The first-order chi connectivity index (χ1) is 6.20. The monoisotopic (exact) mass is 184 g/mol. The molecular formula is C9H16N2O2. The molecule has 1 N–H and O–H groups in total. The summed E-state index contributed by atoms with van der Waals surface area (Å²) in [6.45, 7) is 3.32. The van der Waals surface area contributed by atoms with Crippen molar-refractivity contribution in [1.82, 2.24) is 5.01 Å². The van der Waals surface area contributed by atoms with Gasteiger partial charge in [-0.1, -0.05) is 12.8 Å². The molecule has 1 aliphatic rings. The first-order valence-corrected chi connectivity index (χ1v) is 4.73. The molecule has 0 aromatic heterocycles. The fraction of sp³-hybridized carbons (Fsp3) is 0.778. The molecule has 0 spiro atoms. The van der Waals surface area contributed by atoms with Crippen molar-refractivity contribution in [2.45, 2.75) is 32.6 Å². The zero-order valence-corrected chi connectivity index (χ0v) is 7.99. The van der Waals surface area contributed by atoms with Gasteiger partial charge < -0.3 is 5.11 Å². The van der Waals surface area contributed by atoms with E-state index in [9.17, 15) is 4.79 Å². The van der Waals surface area contributed by atoms with E-state index in [1.807, 2.05) is 5.01 Å². The maximum atomic E-state index is 10.5. The summed E-state index contributed by atoms with van der Waals surface area (Å²) in [6.07, 6.45) is 4.71. The maximum Gasteiger partial charge on any atom is 0.351 e. The Labute approximate surface area is 78.2 Å². The summed E-state index contributed by atoms with van der Waals surface area (Å²) in [5.41, 5.74) is 0.182. The molecular weight excluding hydrogens is 168 g/mol. The summed E-state index contributed by atoms with van der Waals surface area (Å²) in [6, 6.07) is 0. The second-order valence-corrected chi connectivity index (χ2v) is 3.36. The van der Waals surface area contributed by atoms with Crippen molar-refractivity contribution in [2.75, 3.05) is 13.1 Å². The Morgan fingerprint density at radius 1 is 1.23 bits per heavy atom. The summed E-state index contributed by atoms with van der Waals surface area (Å²) in [4.78, 5) is 10.5. The van der Waals surface area contributed by atoms with Crippen molar-refractivity contribution in [2.24, 2.45) is 5.10 Å². The van der Waals surface area contributed by atoms with Crippen LogP contribution in [-0.4, -0.2) is 34.9 Å². The first-order valence-electron chi connectivity index (χ1n) is 4.73. The number of carbonyl (C=O) groups is 1. The average molecular weight is 184 g/mol. The maximum absolute atomic E-state index is 10.5. The molecule has 1 aliphatic heterocycles. The van der Waals surface area contributed by atoms with E-state index in [2.05, 4.69) is 5.10 Å². The van der Waals surface area contributed by atoms with Crippen LogP contribution in [0, 0.1) is 0 Å². The predicted molar refractivity (Wildman–Crippen MR) is 50.8 cm³/mol. The Bertz CT molecular complexity index is 206. The van der Waals surface area contributed by atoms with Gasteiger partial charge in [0, 0.05) is 13.1 Å². The van der Waals surface area contributed by atoms with E-state index in [0.717, 1.165) is 25.9 Å². The molecule has 4 heteroatoms. The summed E-state index contributed by atoms with van der Waals surface area (Å²) in [7, 11) is 0. The van der Waals surface area contributed by atoms with Crippen LogP contribution in [0.1, 0.15) is 32.6 Å². The molecule has 0 radical (unpaired) electrons. The van der Waals surface area contributed by atoms with Gasteiger partial charge in [0.1, 0.15) is 5.71 Å². The second-order valence-electron chi connectivity index (χ2n) is 3.36. The number of hydrogen-bond donors (Lipinski definition) is 1.